The summed E-state index contributed by atoms with van der Waals surface area (Å²) in [6.45, 7) is 22.3. The highest BCUT2D eigenvalue weighted by molar-refractivity contribution is 7.54. The highest BCUT2D eigenvalue weighted by Gasteiger charge is 2.52. The molecule has 0 radical (unpaired) electrons. The lowest BCUT2D eigenvalue weighted by atomic mass is 9.94. The van der Waals surface area contributed by atoms with Crippen LogP contribution in [0.5, 0.6) is 0 Å². The van der Waals surface area contributed by atoms with Crippen molar-refractivity contribution in [2.75, 3.05) is 39.6 Å². The molecule has 0 saturated carbocycles. The molecule has 2 atom stereocenters. The smallest absolute Gasteiger partial charge is 0.462 e. The van der Waals surface area contributed by atoms with Gasteiger partial charge >= 0.3 is 22.4 Å². The molecule has 12 heteroatoms. The second-order valence-corrected chi connectivity index (χ2v) is 16.1. The molecule has 0 N–H and O–H groups in total. The molecule has 0 heterocycles. The number of ether oxygens (including phenoxy) is 1. The van der Waals surface area contributed by atoms with E-state index in [0.29, 0.717) is 19.8 Å². The summed E-state index contributed by atoms with van der Waals surface area (Å²) < 4.78 is 49.2. The minimum absolute atomic E-state index is 0.102. The fourth-order valence-electron chi connectivity index (χ4n) is 4.40. The van der Waals surface area contributed by atoms with Gasteiger partial charge in [-0.2, -0.15) is 5.06 Å². The minimum atomic E-state index is -3.69. The van der Waals surface area contributed by atoms with Crippen LogP contribution < -0.4 is 0 Å². The standard InChI is InChI=1S/C29H54NO9PSi/c1-12-34-40(32,35-13-2)27(28(6,7)8)30(29(9,10)11)39-25(24-20-18-17-19-21-24)22-33-26(31)23-41(36-14-3,37-15-4)38-16-5/h17-21,25,27H,12-16,22-23H2,1-11H3. The van der Waals surface area contributed by atoms with Crippen molar-refractivity contribution in [3.05, 3.63) is 35.9 Å². The van der Waals surface area contributed by atoms with E-state index in [-0.39, 0.29) is 25.9 Å². The maximum Gasteiger partial charge on any atom is 0.512 e. The number of benzene rings is 1. The van der Waals surface area contributed by atoms with Crippen LogP contribution in [0.15, 0.2) is 30.3 Å². The molecule has 2 unspecified atom stereocenters. The van der Waals surface area contributed by atoms with Crippen LogP contribution in [0.3, 0.4) is 0 Å². The molecule has 238 valence electrons. The lowest BCUT2D eigenvalue weighted by Gasteiger charge is -2.48. The van der Waals surface area contributed by atoms with E-state index in [1.807, 2.05) is 92.6 Å². The van der Waals surface area contributed by atoms with Gasteiger partial charge in [0.15, 0.2) is 0 Å². The first-order chi connectivity index (χ1) is 19.1. The van der Waals surface area contributed by atoms with Crippen LogP contribution in [0, 0.1) is 5.41 Å². The van der Waals surface area contributed by atoms with E-state index in [0.717, 1.165) is 5.56 Å². The van der Waals surface area contributed by atoms with E-state index in [1.165, 1.54) is 0 Å². The van der Waals surface area contributed by atoms with Crippen molar-refractivity contribution >= 4 is 22.4 Å². The Balaban J connectivity index is 3.46. The molecule has 0 aromatic heterocycles. The molecule has 0 saturated heterocycles. The minimum Gasteiger partial charge on any atom is -0.462 e. The zero-order valence-electron chi connectivity index (χ0n) is 27.1. The Morgan fingerprint density at radius 1 is 0.829 bits per heavy atom. The van der Waals surface area contributed by atoms with Crippen LogP contribution in [0.4, 0.5) is 0 Å². The molecule has 0 aliphatic rings. The summed E-state index contributed by atoms with van der Waals surface area (Å²) >= 11 is 0. The number of hydroxylamine groups is 2. The van der Waals surface area contributed by atoms with Crippen molar-refractivity contribution in [3.63, 3.8) is 0 Å². The van der Waals surface area contributed by atoms with E-state index < -0.39 is 45.2 Å². The van der Waals surface area contributed by atoms with Crippen LogP contribution >= 0.6 is 7.60 Å². The predicted octanol–water partition coefficient (Wildman–Crippen LogP) is 6.99. The molecular weight excluding hydrogens is 565 g/mol. The number of hydrogen-bond donors (Lipinski definition) is 0. The van der Waals surface area contributed by atoms with E-state index in [4.69, 9.17) is 31.9 Å². The monoisotopic (exact) mass is 619 g/mol. The summed E-state index contributed by atoms with van der Waals surface area (Å²) in [6.07, 6.45) is -0.719. The Hall–Kier alpha value is -1.14. The first-order valence-electron chi connectivity index (χ1n) is 14.6. The van der Waals surface area contributed by atoms with Gasteiger partial charge in [0.25, 0.3) is 0 Å². The zero-order valence-corrected chi connectivity index (χ0v) is 29.0. The Bertz CT molecular complexity index is 909. The second-order valence-electron chi connectivity index (χ2n) is 11.5. The highest BCUT2D eigenvalue weighted by atomic mass is 31.2. The van der Waals surface area contributed by atoms with Crippen molar-refractivity contribution in [1.82, 2.24) is 5.06 Å². The van der Waals surface area contributed by atoms with E-state index in [2.05, 4.69) is 0 Å². The number of hydrogen-bond acceptors (Lipinski definition) is 10. The quantitative estimate of drug-likeness (QED) is 0.0697. The van der Waals surface area contributed by atoms with E-state index >= 15 is 0 Å². The van der Waals surface area contributed by atoms with Gasteiger partial charge in [0.1, 0.15) is 24.5 Å². The summed E-state index contributed by atoms with van der Waals surface area (Å²) in [6, 6.07) is 9.35. The lowest BCUT2D eigenvalue weighted by molar-refractivity contribution is -0.275. The van der Waals surface area contributed by atoms with Gasteiger partial charge < -0.3 is 27.1 Å². The van der Waals surface area contributed by atoms with Gasteiger partial charge in [-0.3, -0.25) is 14.2 Å². The third-order valence-corrected chi connectivity index (χ3v) is 11.6. The van der Waals surface area contributed by atoms with Crippen molar-refractivity contribution in [3.8, 4) is 0 Å². The van der Waals surface area contributed by atoms with Crippen LogP contribution in [-0.2, 0) is 41.3 Å². The van der Waals surface area contributed by atoms with Crippen molar-refractivity contribution in [2.24, 2.45) is 5.41 Å². The number of rotatable bonds is 19. The topological polar surface area (TPSA) is 102 Å². The Morgan fingerprint density at radius 3 is 1.71 bits per heavy atom. The summed E-state index contributed by atoms with van der Waals surface area (Å²) in [5.74, 6) is -1.29. The average Bonchev–Trinajstić information content (AvgIpc) is 2.85. The molecule has 1 rings (SSSR count). The lowest BCUT2D eigenvalue weighted by Crippen LogP contribution is -2.54. The van der Waals surface area contributed by atoms with Gasteiger partial charge in [-0.1, -0.05) is 51.1 Å². The maximum absolute atomic E-state index is 14.3. The summed E-state index contributed by atoms with van der Waals surface area (Å²) in [5.41, 5.74) is -0.435. The molecule has 0 fully saturated rings. The first kappa shape index (κ1) is 37.9. The van der Waals surface area contributed by atoms with Crippen LogP contribution in [0.1, 0.15) is 87.8 Å². The van der Waals surface area contributed by atoms with Crippen LogP contribution in [0.25, 0.3) is 0 Å². The molecule has 1 aromatic carbocycles. The SMILES string of the molecule is CCO[Si](CC(=O)OCC(ON(C(C(C)(C)C)P(=O)(OCC)OCC)C(C)(C)C)c1ccccc1)(OCC)OCC. The fourth-order valence-corrected chi connectivity index (χ4v) is 9.42. The summed E-state index contributed by atoms with van der Waals surface area (Å²) in [7, 11) is -6.94. The fraction of sp³-hybridized carbons (Fsp3) is 0.759. The van der Waals surface area contributed by atoms with Crippen molar-refractivity contribution < 1.29 is 41.3 Å². The Labute approximate surface area is 249 Å². The van der Waals surface area contributed by atoms with Gasteiger partial charge in [0.2, 0.25) is 0 Å². The molecule has 0 amide bonds. The highest BCUT2D eigenvalue weighted by Crippen LogP contribution is 2.61. The van der Waals surface area contributed by atoms with Gasteiger partial charge in [0.05, 0.1) is 13.2 Å². The van der Waals surface area contributed by atoms with Gasteiger partial charge in [-0.15, -0.1) is 0 Å². The third kappa shape index (κ3) is 11.8. The maximum atomic E-state index is 14.3. The Morgan fingerprint density at radius 2 is 1.32 bits per heavy atom. The molecule has 0 bridgehead atoms. The Kier molecular flexibility index (Phi) is 15.9. The number of carbonyl (C=O) groups is 1. The number of esters is 1. The largest absolute Gasteiger partial charge is 0.512 e. The predicted molar refractivity (Wildman–Crippen MR) is 162 cm³/mol. The van der Waals surface area contributed by atoms with Gasteiger partial charge in [-0.25, -0.2) is 0 Å². The van der Waals surface area contributed by atoms with Crippen LogP contribution in [-0.4, -0.2) is 70.8 Å². The summed E-state index contributed by atoms with van der Waals surface area (Å²) in [4.78, 5) is 19.8. The van der Waals surface area contributed by atoms with Gasteiger partial charge in [-0.05, 0) is 66.4 Å². The number of nitrogens with zero attached hydrogens (tertiary/aromatic N) is 1. The number of carbonyl (C=O) groups excluding carboxylic acids is 1. The van der Waals surface area contributed by atoms with E-state index in [9.17, 15) is 9.36 Å². The molecule has 41 heavy (non-hydrogen) atoms. The average molecular weight is 620 g/mol. The first-order valence-corrected chi connectivity index (χ1v) is 18.1. The molecular formula is C29H54NO9PSi. The zero-order chi connectivity index (χ0) is 31.3. The van der Waals surface area contributed by atoms with E-state index in [1.54, 1.807) is 18.9 Å². The van der Waals surface area contributed by atoms with Crippen molar-refractivity contribution in [2.45, 2.75) is 99.6 Å². The molecule has 0 aliphatic heterocycles. The molecule has 10 nitrogen and oxygen atoms in total. The molecule has 1 aromatic rings. The second kappa shape index (κ2) is 17.2. The van der Waals surface area contributed by atoms with Crippen LogP contribution in [0.2, 0.25) is 6.04 Å². The summed E-state index contributed by atoms with van der Waals surface area (Å²) in [5, 5.41) is 1.70. The van der Waals surface area contributed by atoms with Gasteiger partial charge in [0, 0.05) is 25.4 Å². The van der Waals surface area contributed by atoms with Crippen molar-refractivity contribution in [1.29, 1.82) is 0 Å². The normalized spacial score (nSPS) is 14.7. The molecule has 0 aliphatic carbocycles. The third-order valence-electron chi connectivity index (χ3n) is 5.84. The molecule has 0 spiro atoms.